The first-order valence-corrected chi connectivity index (χ1v) is 13.1. The Kier molecular flexibility index (Phi) is 7.30. The monoisotopic (exact) mass is 492 g/mol. The van der Waals surface area contributed by atoms with Crippen molar-refractivity contribution in [2.75, 3.05) is 23.3 Å². The van der Waals surface area contributed by atoms with Crippen LogP contribution in [-0.4, -0.2) is 46.6 Å². The highest BCUT2D eigenvalue weighted by Gasteiger charge is 2.39. The first-order chi connectivity index (χ1) is 16.9. The molecule has 36 heavy (non-hydrogen) atoms. The van der Waals surface area contributed by atoms with Crippen LogP contribution in [0.3, 0.4) is 0 Å². The summed E-state index contributed by atoms with van der Waals surface area (Å²) in [6, 6.07) is 12.6. The zero-order valence-electron chi connectivity index (χ0n) is 22.7. The van der Waals surface area contributed by atoms with E-state index in [1.54, 1.807) is 6.92 Å². The third-order valence-electron chi connectivity index (χ3n) is 7.49. The number of likely N-dealkylation sites (tertiary alicyclic amines) is 1. The highest BCUT2D eigenvalue weighted by molar-refractivity contribution is 5.94. The second kappa shape index (κ2) is 10.1. The molecule has 1 aromatic heterocycles. The van der Waals surface area contributed by atoms with Crippen molar-refractivity contribution >= 4 is 23.5 Å². The average Bonchev–Trinajstić information content (AvgIpc) is 2.81. The number of hydrogen-bond acceptors (Lipinski definition) is 5. The summed E-state index contributed by atoms with van der Waals surface area (Å²) in [4.78, 5) is 33.6. The Hall–Kier alpha value is -3.09. The number of pyridine rings is 1. The van der Waals surface area contributed by atoms with Gasteiger partial charge in [-0.2, -0.15) is 0 Å². The molecule has 3 atom stereocenters. The van der Waals surface area contributed by atoms with Gasteiger partial charge in [0.05, 0.1) is 6.04 Å². The summed E-state index contributed by atoms with van der Waals surface area (Å²) in [5.41, 5.74) is 3.83. The maximum Gasteiger partial charge on any atom is 0.410 e. The Morgan fingerprint density at radius 2 is 1.78 bits per heavy atom. The van der Waals surface area contributed by atoms with Crippen LogP contribution in [0.5, 0.6) is 0 Å². The highest BCUT2D eigenvalue weighted by Crippen LogP contribution is 2.44. The minimum Gasteiger partial charge on any atom is -0.444 e. The van der Waals surface area contributed by atoms with Crippen molar-refractivity contribution in [1.29, 1.82) is 0 Å². The number of carbonyl (C=O) groups excluding carboxylic acids is 2. The van der Waals surface area contributed by atoms with Crippen molar-refractivity contribution in [1.82, 2.24) is 9.88 Å². The van der Waals surface area contributed by atoms with Crippen LogP contribution < -0.4 is 10.2 Å². The average molecular weight is 493 g/mol. The van der Waals surface area contributed by atoms with Crippen LogP contribution in [0.1, 0.15) is 83.2 Å². The number of hydrogen-bond donors (Lipinski definition) is 1. The van der Waals surface area contributed by atoms with Gasteiger partial charge >= 0.3 is 6.09 Å². The number of nitrogens with one attached hydrogen (secondary N) is 1. The van der Waals surface area contributed by atoms with E-state index in [4.69, 9.17) is 4.74 Å². The van der Waals surface area contributed by atoms with E-state index in [0.29, 0.717) is 19.0 Å². The van der Waals surface area contributed by atoms with Crippen LogP contribution in [-0.2, 0) is 9.53 Å². The van der Waals surface area contributed by atoms with Crippen LogP contribution >= 0.6 is 0 Å². The van der Waals surface area contributed by atoms with Gasteiger partial charge in [-0.25, -0.2) is 9.78 Å². The lowest BCUT2D eigenvalue weighted by Crippen LogP contribution is -2.48. The van der Waals surface area contributed by atoms with Crippen molar-refractivity contribution in [2.24, 2.45) is 5.92 Å². The van der Waals surface area contributed by atoms with E-state index in [0.717, 1.165) is 35.6 Å². The fraction of sp³-hybridized carbons (Fsp3) is 0.552. The summed E-state index contributed by atoms with van der Waals surface area (Å²) in [6.07, 6.45) is 1.54. The Balaban J connectivity index is 1.60. The maximum absolute atomic E-state index is 12.7. The van der Waals surface area contributed by atoms with Gasteiger partial charge in [-0.1, -0.05) is 25.1 Å². The van der Waals surface area contributed by atoms with Gasteiger partial charge in [-0.05, 0) is 82.7 Å². The van der Waals surface area contributed by atoms with E-state index in [9.17, 15) is 9.59 Å². The standard InChI is InChI=1S/C29H40N4O3/c1-18-9-8-10-26(30-18)31-27-19(2)20(3)33(21(4)34)25-12-11-23(17-24(25)27)22-13-15-32(16-14-22)28(35)36-29(5,6)7/h8-12,17,19-20,22,27H,13-16H2,1-7H3,(H,30,31). The summed E-state index contributed by atoms with van der Waals surface area (Å²) in [7, 11) is 0. The molecule has 2 aliphatic heterocycles. The number of nitrogens with zero attached hydrogens (tertiary/aromatic N) is 3. The van der Waals surface area contributed by atoms with E-state index in [2.05, 4.69) is 42.3 Å². The molecule has 1 fully saturated rings. The number of rotatable bonds is 3. The molecule has 4 rings (SSSR count). The van der Waals surface area contributed by atoms with Gasteiger partial charge in [0.25, 0.3) is 0 Å². The van der Waals surface area contributed by atoms with Crippen molar-refractivity contribution < 1.29 is 14.3 Å². The van der Waals surface area contributed by atoms with Crippen molar-refractivity contribution in [3.63, 3.8) is 0 Å². The zero-order chi connectivity index (χ0) is 26.2. The third-order valence-corrected chi connectivity index (χ3v) is 7.49. The first-order valence-electron chi connectivity index (χ1n) is 13.1. The third kappa shape index (κ3) is 5.50. The summed E-state index contributed by atoms with van der Waals surface area (Å²) >= 11 is 0. The number of aryl methyl sites for hydroxylation is 1. The first kappa shape index (κ1) is 26.0. The zero-order valence-corrected chi connectivity index (χ0v) is 22.7. The Bertz CT molecular complexity index is 1120. The number of carbonyl (C=O) groups is 2. The minimum atomic E-state index is -0.489. The van der Waals surface area contributed by atoms with Crippen molar-refractivity contribution in [2.45, 2.75) is 84.9 Å². The summed E-state index contributed by atoms with van der Waals surface area (Å²) < 4.78 is 5.56. The SMILES string of the molecule is CC(=O)N1c2ccc(C3CCN(C(=O)OC(C)(C)C)CC3)cc2C(Nc2cccc(C)n2)C(C)C1C. The van der Waals surface area contributed by atoms with Crippen LogP contribution in [0.4, 0.5) is 16.3 Å². The summed E-state index contributed by atoms with van der Waals surface area (Å²) in [5.74, 6) is 1.44. The highest BCUT2D eigenvalue weighted by atomic mass is 16.6. The topological polar surface area (TPSA) is 74.8 Å². The molecule has 2 aromatic rings. The molecule has 3 heterocycles. The van der Waals surface area contributed by atoms with Gasteiger partial charge in [-0.3, -0.25) is 4.79 Å². The predicted molar refractivity (Wildman–Crippen MR) is 143 cm³/mol. The molecule has 2 aliphatic rings. The fourth-order valence-corrected chi connectivity index (χ4v) is 5.48. The predicted octanol–water partition coefficient (Wildman–Crippen LogP) is 6.05. The molecule has 7 nitrogen and oxygen atoms in total. The Morgan fingerprint density at radius 3 is 2.39 bits per heavy atom. The van der Waals surface area contributed by atoms with E-state index in [1.165, 1.54) is 5.56 Å². The molecule has 1 saturated heterocycles. The Morgan fingerprint density at radius 1 is 1.08 bits per heavy atom. The second-order valence-electron chi connectivity index (χ2n) is 11.3. The lowest BCUT2D eigenvalue weighted by atomic mass is 9.80. The number of aromatic nitrogens is 1. The number of piperidine rings is 1. The van der Waals surface area contributed by atoms with Gasteiger partial charge in [0.2, 0.25) is 5.91 Å². The molecular weight excluding hydrogens is 452 g/mol. The van der Waals surface area contributed by atoms with Gasteiger partial charge in [0.1, 0.15) is 11.4 Å². The number of ether oxygens (including phenoxy) is 1. The summed E-state index contributed by atoms with van der Waals surface area (Å²) in [5, 5.41) is 3.67. The van der Waals surface area contributed by atoms with E-state index in [1.807, 2.05) is 55.7 Å². The van der Waals surface area contributed by atoms with Gasteiger partial charge < -0.3 is 19.9 Å². The van der Waals surface area contributed by atoms with Gasteiger partial charge in [-0.15, -0.1) is 0 Å². The number of anilines is 2. The second-order valence-corrected chi connectivity index (χ2v) is 11.3. The van der Waals surface area contributed by atoms with E-state index >= 15 is 0 Å². The van der Waals surface area contributed by atoms with E-state index in [-0.39, 0.29) is 30.0 Å². The molecule has 3 unspecified atom stereocenters. The van der Waals surface area contributed by atoms with Crippen LogP contribution in [0.25, 0.3) is 0 Å². The largest absolute Gasteiger partial charge is 0.444 e. The quantitative estimate of drug-likeness (QED) is 0.565. The molecule has 0 bridgehead atoms. The van der Waals surface area contributed by atoms with Crippen LogP contribution in [0, 0.1) is 12.8 Å². The molecule has 0 spiro atoms. The normalized spacial score (nSPS) is 22.7. The molecule has 0 saturated carbocycles. The molecular formula is C29H40N4O3. The molecule has 0 radical (unpaired) electrons. The molecule has 2 amide bonds. The molecule has 1 N–H and O–H groups in total. The Labute approximate surface area is 215 Å². The number of fused-ring (bicyclic) bond motifs is 1. The fourth-order valence-electron chi connectivity index (χ4n) is 5.48. The molecule has 7 heteroatoms. The van der Waals surface area contributed by atoms with Gasteiger partial charge in [0.15, 0.2) is 0 Å². The van der Waals surface area contributed by atoms with Crippen molar-refractivity contribution in [3.8, 4) is 0 Å². The minimum absolute atomic E-state index is 0.0294. The maximum atomic E-state index is 12.7. The van der Waals surface area contributed by atoms with Crippen LogP contribution in [0.2, 0.25) is 0 Å². The number of benzene rings is 1. The molecule has 194 valence electrons. The van der Waals surface area contributed by atoms with E-state index < -0.39 is 5.60 Å². The molecule has 0 aliphatic carbocycles. The lowest BCUT2D eigenvalue weighted by molar-refractivity contribution is -0.117. The van der Waals surface area contributed by atoms with Crippen molar-refractivity contribution in [3.05, 3.63) is 53.2 Å². The summed E-state index contributed by atoms with van der Waals surface area (Å²) in [6.45, 7) is 15.0. The number of amides is 2. The van der Waals surface area contributed by atoms with Crippen LogP contribution in [0.15, 0.2) is 36.4 Å². The lowest BCUT2D eigenvalue weighted by Gasteiger charge is -2.44. The molecule has 1 aromatic carbocycles. The smallest absolute Gasteiger partial charge is 0.410 e. The van der Waals surface area contributed by atoms with Gasteiger partial charge in [0, 0.05) is 43.4 Å².